The number of hydrogen-bond acceptors (Lipinski definition) is 5. The maximum atomic E-state index is 12.4. The number of amides is 2. The van der Waals surface area contributed by atoms with Crippen molar-refractivity contribution in [3.05, 3.63) is 47.4 Å². The number of benzene rings is 1. The van der Waals surface area contributed by atoms with Crippen molar-refractivity contribution in [2.75, 3.05) is 36.4 Å². The van der Waals surface area contributed by atoms with Crippen LogP contribution in [0.4, 0.5) is 11.5 Å². The molecule has 0 saturated carbocycles. The van der Waals surface area contributed by atoms with E-state index in [0.29, 0.717) is 26.2 Å². The SMILES string of the molecule is CC(=O)N1CCN(c2cnc(C(=O)Nc3cc(C)cc(C)c3)cn2)CC1. The largest absolute Gasteiger partial charge is 0.352 e. The third kappa shape index (κ3) is 4.17. The minimum atomic E-state index is -0.282. The number of nitrogens with one attached hydrogen (secondary N) is 1. The molecule has 26 heavy (non-hydrogen) atoms. The molecule has 7 heteroatoms. The lowest BCUT2D eigenvalue weighted by atomic mass is 10.1. The van der Waals surface area contributed by atoms with Gasteiger partial charge in [0.2, 0.25) is 5.91 Å². The third-order valence-corrected chi connectivity index (χ3v) is 4.40. The second-order valence-electron chi connectivity index (χ2n) is 6.58. The molecule has 1 N–H and O–H groups in total. The number of aryl methyl sites for hydroxylation is 2. The van der Waals surface area contributed by atoms with Gasteiger partial charge in [-0.25, -0.2) is 9.97 Å². The van der Waals surface area contributed by atoms with E-state index in [1.807, 2.05) is 30.9 Å². The fourth-order valence-corrected chi connectivity index (χ4v) is 3.09. The van der Waals surface area contributed by atoms with Gasteiger partial charge in [-0.05, 0) is 37.1 Å². The van der Waals surface area contributed by atoms with E-state index in [9.17, 15) is 9.59 Å². The fourth-order valence-electron chi connectivity index (χ4n) is 3.09. The van der Waals surface area contributed by atoms with Gasteiger partial charge in [0.05, 0.1) is 12.4 Å². The van der Waals surface area contributed by atoms with Crippen LogP contribution in [0.3, 0.4) is 0 Å². The highest BCUT2D eigenvalue weighted by molar-refractivity contribution is 6.02. The Morgan fingerprint density at radius 3 is 2.15 bits per heavy atom. The first-order valence-electron chi connectivity index (χ1n) is 8.64. The summed E-state index contributed by atoms with van der Waals surface area (Å²) in [7, 11) is 0. The molecular formula is C19H23N5O2. The highest BCUT2D eigenvalue weighted by atomic mass is 16.2. The maximum Gasteiger partial charge on any atom is 0.275 e. The van der Waals surface area contributed by atoms with Crippen LogP contribution in [0.15, 0.2) is 30.6 Å². The van der Waals surface area contributed by atoms with Gasteiger partial charge in [-0.1, -0.05) is 6.07 Å². The molecule has 1 aliphatic rings. The summed E-state index contributed by atoms with van der Waals surface area (Å²) < 4.78 is 0. The Morgan fingerprint density at radius 2 is 1.62 bits per heavy atom. The molecule has 1 aromatic carbocycles. The van der Waals surface area contributed by atoms with Gasteiger partial charge in [-0.3, -0.25) is 9.59 Å². The second-order valence-corrected chi connectivity index (χ2v) is 6.58. The van der Waals surface area contributed by atoms with Gasteiger partial charge >= 0.3 is 0 Å². The van der Waals surface area contributed by atoms with E-state index < -0.39 is 0 Å². The predicted molar refractivity (Wildman–Crippen MR) is 100 cm³/mol. The molecule has 1 saturated heterocycles. The smallest absolute Gasteiger partial charge is 0.275 e. The number of hydrogen-bond donors (Lipinski definition) is 1. The molecule has 1 aromatic heterocycles. The summed E-state index contributed by atoms with van der Waals surface area (Å²) in [6.45, 7) is 8.33. The quantitative estimate of drug-likeness (QED) is 0.913. The highest BCUT2D eigenvalue weighted by Gasteiger charge is 2.20. The first kappa shape index (κ1) is 17.8. The summed E-state index contributed by atoms with van der Waals surface area (Å²) in [5, 5.41) is 2.86. The van der Waals surface area contributed by atoms with Crippen molar-refractivity contribution in [1.82, 2.24) is 14.9 Å². The minimum absolute atomic E-state index is 0.0918. The number of anilines is 2. The molecule has 0 radical (unpaired) electrons. The first-order valence-corrected chi connectivity index (χ1v) is 8.64. The Labute approximate surface area is 153 Å². The average Bonchev–Trinajstić information content (AvgIpc) is 2.61. The number of aromatic nitrogens is 2. The first-order chi connectivity index (χ1) is 12.4. The van der Waals surface area contributed by atoms with Crippen LogP contribution in [-0.2, 0) is 4.79 Å². The molecule has 2 amide bonds. The summed E-state index contributed by atoms with van der Waals surface area (Å²) in [6, 6.07) is 5.89. The Balaban J connectivity index is 1.64. The molecule has 1 aliphatic heterocycles. The van der Waals surface area contributed by atoms with E-state index in [-0.39, 0.29) is 17.5 Å². The number of carbonyl (C=O) groups is 2. The molecule has 7 nitrogen and oxygen atoms in total. The van der Waals surface area contributed by atoms with E-state index in [2.05, 4.69) is 26.3 Å². The van der Waals surface area contributed by atoms with Crippen molar-refractivity contribution in [2.45, 2.75) is 20.8 Å². The van der Waals surface area contributed by atoms with Gasteiger partial charge in [0.15, 0.2) is 0 Å². The summed E-state index contributed by atoms with van der Waals surface area (Å²) in [5.74, 6) is 0.528. The predicted octanol–water partition coefficient (Wildman–Crippen LogP) is 2.01. The number of piperazine rings is 1. The molecule has 0 unspecified atom stereocenters. The number of carbonyl (C=O) groups excluding carboxylic acids is 2. The monoisotopic (exact) mass is 353 g/mol. The van der Waals surface area contributed by atoms with Crippen molar-refractivity contribution in [2.24, 2.45) is 0 Å². The van der Waals surface area contributed by atoms with E-state index in [0.717, 1.165) is 22.6 Å². The lowest BCUT2D eigenvalue weighted by Gasteiger charge is -2.34. The van der Waals surface area contributed by atoms with Crippen LogP contribution < -0.4 is 10.2 Å². The van der Waals surface area contributed by atoms with Gasteiger partial charge in [0.1, 0.15) is 11.5 Å². The molecule has 0 spiro atoms. The third-order valence-electron chi connectivity index (χ3n) is 4.40. The summed E-state index contributed by atoms with van der Waals surface area (Å²) in [5.41, 5.74) is 3.20. The number of rotatable bonds is 3. The van der Waals surface area contributed by atoms with E-state index in [1.165, 1.54) is 6.20 Å². The number of nitrogens with zero attached hydrogens (tertiary/aromatic N) is 4. The van der Waals surface area contributed by atoms with Crippen LogP contribution >= 0.6 is 0 Å². The van der Waals surface area contributed by atoms with Crippen LogP contribution in [0.5, 0.6) is 0 Å². The molecule has 2 heterocycles. The lowest BCUT2D eigenvalue weighted by molar-refractivity contribution is -0.129. The summed E-state index contributed by atoms with van der Waals surface area (Å²) >= 11 is 0. The Morgan fingerprint density at radius 1 is 0.962 bits per heavy atom. The van der Waals surface area contributed by atoms with Crippen LogP contribution in [0.2, 0.25) is 0 Å². The Hall–Kier alpha value is -2.96. The molecule has 0 atom stereocenters. The minimum Gasteiger partial charge on any atom is -0.352 e. The van der Waals surface area contributed by atoms with Crippen molar-refractivity contribution in [3.8, 4) is 0 Å². The fraction of sp³-hybridized carbons (Fsp3) is 0.368. The van der Waals surface area contributed by atoms with Gasteiger partial charge in [-0.15, -0.1) is 0 Å². The van der Waals surface area contributed by atoms with Crippen molar-refractivity contribution in [3.63, 3.8) is 0 Å². The molecule has 0 aliphatic carbocycles. The second kappa shape index (κ2) is 7.51. The molecule has 3 rings (SSSR count). The normalized spacial score (nSPS) is 14.3. The van der Waals surface area contributed by atoms with Gasteiger partial charge in [0.25, 0.3) is 5.91 Å². The highest BCUT2D eigenvalue weighted by Crippen LogP contribution is 2.16. The van der Waals surface area contributed by atoms with Crippen LogP contribution in [0.1, 0.15) is 28.5 Å². The Kier molecular flexibility index (Phi) is 5.16. The van der Waals surface area contributed by atoms with Crippen molar-refractivity contribution in [1.29, 1.82) is 0 Å². The zero-order valence-electron chi connectivity index (χ0n) is 15.3. The lowest BCUT2D eigenvalue weighted by Crippen LogP contribution is -2.48. The molecular weight excluding hydrogens is 330 g/mol. The van der Waals surface area contributed by atoms with E-state index in [4.69, 9.17) is 0 Å². The summed E-state index contributed by atoms with van der Waals surface area (Å²) in [4.78, 5) is 36.3. The maximum absolute atomic E-state index is 12.4. The molecule has 2 aromatic rings. The standard InChI is InChI=1S/C19H23N5O2/c1-13-8-14(2)10-16(9-13)22-19(26)17-11-21-18(12-20-17)24-6-4-23(5-7-24)15(3)25/h8-12H,4-7H2,1-3H3,(H,22,26). The van der Waals surface area contributed by atoms with E-state index in [1.54, 1.807) is 13.1 Å². The molecule has 1 fully saturated rings. The zero-order valence-corrected chi connectivity index (χ0v) is 15.3. The molecule has 136 valence electrons. The van der Waals surface area contributed by atoms with Gasteiger partial charge < -0.3 is 15.1 Å². The van der Waals surface area contributed by atoms with Crippen LogP contribution in [-0.4, -0.2) is 52.9 Å². The van der Waals surface area contributed by atoms with Crippen molar-refractivity contribution < 1.29 is 9.59 Å². The van der Waals surface area contributed by atoms with E-state index >= 15 is 0 Å². The van der Waals surface area contributed by atoms with Gasteiger partial charge in [0, 0.05) is 38.8 Å². The van der Waals surface area contributed by atoms with Gasteiger partial charge in [-0.2, -0.15) is 0 Å². The molecule has 0 bridgehead atoms. The topological polar surface area (TPSA) is 78.4 Å². The zero-order chi connectivity index (χ0) is 18.7. The van der Waals surface area contributed by atoms with Crippen molar-refractivity contribution >= 4 is 23.3 Å². The van der Waals surface area contributed by atoms with Crippen LogP contribution in [0, 0.1) is 13.8 Å². The summed E-state index contributed by atoms with van der Waals surface area (Å²) in [6.07, 6.45) is 3.10. The Bertz CT molecular complexity index is 791. The van der Waals surface area contributed by atoms with Crippen LogP contribution in [0.25, 0.3) is 0 Å². The average molecular weight is 353 g/mol.